The van der Waals surface area contributed by atoms with Crippen molar-refractivity contribution in [1.29, 1.82) is 0 Å². The predicted molar refractivity (Wildman–Crippen MR) is 85.7 cm³/mol. The van der Waals surface area contributed by atoms with Gasteiger partial charge in [-0.2, -0.15) is 0 Å². The second-order valence-corrected chi connectivity index (χ2v) is 5.58. The van der Waals surface area contributed by atoms with E-state index < -0.39 is 5.97 Å². The highest BCUT2D eigenvalue weighted by Crippen LogP contribution is 2.19. The van der Waals surface area contributed by atoms with Gasteiger partial charge in [0.25, 0.3) is 0 Å². The number of hydrogen-bond acceptors (Lipinski definition) is 5. The summed E-state index contributed by atoms with van der Waals surface area (Å²) >= 11 is 0. The summed E-state index contributed by atoms with van der Waals surface area (Å²) in [5.74, 6) is 0.322. The maximum absolute atomic E-state index is 11.6. The van der Waals surface area contributed by atoms with Gasteiger partial charge >= 0.3 is 5.97 Å². The number of esters is 1. The molecule has 0 heterocycles. The molecular weight excluding hydrogens is 282 g/mol. The number of nitrogens with zero attached hydrogens (tertiary/aromatic N) is 1. The normalized spacial score (nSPS) is 11.6. The lowest BCUT2D eigenvalue weighted by atomic mass is 10.1. The Bertz CT molecular complexity index is 523. The van der Waals surface area contributed by atoms with Crippen molar-refractivity contribution in [1.82, 2.24) is 0 Å². The number of benzene rings is 1. The van der Waals surface area contributed by atoms with E-state index in [-0.39, 0.29) is 11.8 Å². The lowest BCUT2D eigenvalue weighted by molar-refractivity contribution is -0.139. The molecule has 0 radical (unpaired) electrons. The Morgan fingerprint density at radius 1 is 1.27 bits per heavy atom. The van der Waals surface area contributed by atoms with Crippen molar-refractivity contribution in [2.75, 3.05) is 6.61 Å². The molecule has 1 rings (SSSR count). The molecule has 1 aromatic carbocycles. The average Bonchev–Trinajstić information content (AvgIpc) is 2.45. The quantitative estimate of drug-likeness (QED) is 0.262. The fourth-order valence-electron chi connectivity index (χ4n) is 1.91. The summed E-state index contributed by atoms with van der Waals surface area (Å²) in [6.07, 6.45) is 1.61. The molecule has 0 unspecified atom stereocenters. The van der Waals surface area contributed by atoms with E-state index in [4.69, 9.17) is 14.7 Å². The molecule has 0 aliphatic rings. The first-order valence-corrected chi connectivity index (χ1v) is 7.56. The monoisotopic (exact) mass is 307 g/mol. The number of oxime groups is 1. The van der Waals surface area contributed by atoms with Gasteiger partial charge in [-0.25, -0.2) is 4.79 Å². The van der Waals surface area contributed by atoms with Gasteiger partial charge in [-0.15, -0.1) is 0 Å². The SMILES string of the molecule is Cc1ccc(C)c(OCCCC/C(=N/O)C(=O)OC(C)C)c1. The second kappa shape index (κ2) is 9.07. The van der Waals surface area contributed by atoms with Gasteiger partial charge in [0.2, 0.25) is 0 Å². The van der Waals surface area contributed by atoms with Crippen LogP contribution in [0, 0.1) is 13.8 Å². The van der Waals surface area contributed by atoms with Crippen LogP contribution in [0.1, 0.15) is 44.2 Å². The fraction of sp³-hybridized carbons (Fsp3) is 0.529. The van der Waals surface area contributed by atoms with Crippen LogP contribution < -0.4 is 4.74 Å². The molecule has 0 amide bonds. The number of hydrogen-bond donors (Lipinski definition) is 1. The second-order valence-electron chi connectivity index (χ2n) is 5.58. The highest BCUT2D eigenvalue weighted by molar-refractivity contribution is 6.36. The molecule has 0 aromatic heterocycles. The van der Waals surface area contributed by atoms with Gasteiger partial charge in [0.05, 0.1) is 12.7 Å². The molecule has 0 aliphatic carbocycles. The molecule has 0 saturated heterocycles. The topological polar surface area (TPSA) is 68.1 Å². The summed E-state index contributed by atoms with van der Waals surface area (Å²) < 4.78 is 10.7. The van der Waals surface area contributed by atoms with E-state index in [1.165, 1.54) is 0 Å². The van der Waals surface area contributed by atoms with Gasteiger partial charge in [0.15, 0.2) is 5.71 Å². The molecule has 22 heavy (non-hydrogen) atoms. The van der Waals surface area contributed by atoms with Crippen LogP contribution in [0.4, 0.5) is 0 Å². The van der Waals surface area contributed by atoms with E-state index in [1.807, 2.05) is 32.0 Å². The minimum absolute atomic E-state index is 0.0560. The van der Waals surface area contributed by atoms with Crippen LogP contribution in [0.25, 0.3) is 0 Å². The zero-order valence-corrected chi connectivity index (χ0v) is 13.8. The molecule has 5 nitrogen and oxygen atoms in total. The van der Waals surface area contributed by atoms with Crippen molar-refractivity contribution in [3.8, 4) is 5.75 Å². The van der Waals surface area contributed by atoms with Gasteiger partial charge < -0.3 is 14.7 Å². The minimum atomic E-state index is -0.562. The first-order chi connectivity index (χ1) is 10.4. The predicted octanol–water partition coefficient (Wildman–Crippen LogP) is 3.63. The molecule has 122 valence electrons. The van der Waals surface area contributed by atoms with Crippen molar-refractivity contribution in [3.05, 3.63) is 29.3 Å². The lowest BCUT2D eigenvalue weighted by Gasteiger charge is -2.10. The molecule has 0 spiro atoms. The average molecular weight is 307 g/mol. The van der Waals surface area contributed by atoms with E-state index in [0.717, 1.165) is 23.3 Å². The number of carbonyl (C=O) groups is 1. The van der Waals surface area contributed by atoms with Gasteiger partial charge in [-0.05, 0) is 57.7 Å². The van der Waals surface area contributed by atoms with Gasteiger partial charge in [-0.1, -0.05) is 17.3 Å². The Labute approximate surface area is 131 Å². The maximum atomic E-state index is 11.6. The fourth-order valence-corrected chi connectivity index (χ4v) is 1.91. The molecule has 5 heteroatoms. The molecule has 0 aliphatic heterocycles. The van der Waals surface area contributed by atoms with Crippen molar-refractivity contribution in [3.63, 3.8) is 0 Å². The molecular formula is C17H25NO4. The third kappa shape index (κ3) is 6.16. The third-order valence-electron chi connectivity index (χ3n) is 3.11. The number of carbonyl (C=O) groups excluding carboxylic acids is 1. The smallest absolute Gasteiger partial charge is 0.356 e. The van der Waals surface area contributed by atoms with Crippen molar-refractivity contribution in [2.24, 2.45) is 5.16 Å². The Kier molecular flexibility index (Phi) is 7.43. The van der Waals surface area contributed by atoms with Crippen LogP contribution in [0.15, 0.2) is 23.4 Å². The molecule has 0 atom stereocenters. The standard InChI is InChI=1S/C17H25NO4/c1-12(2)22-17(19)15(18-20)7-5-6-10-21-16-11-13(3)8-9-14(16)4/h8-9,11-12,20H,5-7,10H2,1-4H3/b18-15-. The summed E-state index contributed by atoms with van der Waals surface area (Å²) in [4.78, 5) is 11.6. The third-order valence-corrected chi connectivity index (χ3v) is 3.11. The maximum Gasteiger partial charge on any atom is 0.356 e. The molecule has 0 bridgehead atoms. The van der Waals surface area contributed by atoms with Crippen LogP contribution in [0.3, 0.4) is 0 Å². The summed E-state index contributed by atoms with van der Waals surface area (Å²) in [6.45, 7) is 8.10. The van der Waals surface area contributed by atoms with E-state index in [2.05, 4.69) is 5.16 Å². The van der Waals surface area contributed by atoms with Crippen LogP contribution in [0.5, 0.6) is 5.75 Å². The Hall–Kier alpha value is -2.04. The molecule has 0 fully saturated rings. The van der Waals surface area contributed by atoms with Crippen molar-refractivity contribution in [2.45, 2.75) is 53.1 Å². The lowest BCUT2D eigenvalue weighted by Crippen LogP contribution is -2.21. The largest absolute Gasteiger partial charge is 0.493 e. The van der Waals surface area contributed by atoms with E-state index in [1.54, 1.807) is 13.8 Å². The number of ether oxygens (including phenoxy) is 2. The van der Waals surface area contributed by atoms with Gasteiger partial charge in [0.1, 0.15) is 5.75 Å². The van der Waals surface area contributed by atoms with Crippen LogP contribution in [-0.4, -0.2) is 29.6 Å². The van der Waals surface area contributed by atoms with Crippen molar-refractivity contribution >= 4 is 11.7 Å². The summed E-state index contributed by atoms with van der Waals surface area (Å²) in [6, 6.07) is 6.09. The minimum Gasteiger partial charge on any atom is -0.493 e. The first-order valence-electron chi connectivity index (χ1n) is 7.56. The van der Waals surface area contributed by atoms with Crippen LogP contribution >= 0.6 is 0 Å². The number of unbranched alkanes of at least 4 members (excludes halogenated alkanes) is 1. The van der Waals surface area contributed by atoms with Crippen molar-refractivity contribution < 1.29 is 19.5 Å². The van der Waals surface area contributed by atoms with E-state index in [0.29, 0.717) is 19.4 Å². The molecule has 1 aromatic rings. The Morgan fingerprint density at radius 2 is 2.00 bits per heavy atom. The van der Waals surface area contributed by atoms with Gasteiger partial charge in [0, 0.05) is 6.42 Å². The summed E-state index contributed by atoms with van der Waals surface area (Å²) in [7, 11) is 0. The zero-order chi connectivity index (χ0) is 16.5. The number of aryl methyl sites for hydroxylation is 2. The van der Waals surface area contributed by atoms with Crippen LogP contribution in [-0.2, 0) is 9.53 Å². The molecule has 1 N–H and O–H groups in total. The zero-order valence-electron chi connectivity index (χ0n) is 13.8. The molecule has 0 saturated carbocycles. The highest BCUT2D eigenvalue weighted by atomic mass is 16.5. The van der Waals surface area contributed by atoms with E-state index in [9.17, 15) is 4.79 Å². The summed E-state index contributed by atoms with van der Waals surface area (Å²) in [5, 5.41) is 11.9. The Morgan fingerprint density at radius 3 is 2.64 bits per heavy atom. The Balaban J connectivity index is 2.32. The number of rotatable bonds is 8. The van der Waals surface area contributed by atoms with Crippen LogP contribution in [0.2, 0.25) is 0 Å². The van der Waals surface area contributed by atoms with E-state index >= 15 is 0 Å². The summed E-state index contributed by atoms with van der Waals surface area (Å²) in [5.41, 5.74) is 2.32. The highest BCUT2D eigenvalue weighted by Gasteiger charge is 2.15. The van der Waals surface area contributed by atoms with Gasteiger partial charge in [-0.3, -0.25) is 0 Å². The first kappa shape index (κ1) is 18.0.